The number of carbonyl (C=O) groups excluding carboxylic acids is 2. The fraction of sp³-hybridized carbons (Fsp3) is 0.333. The van der Waals surface area contributed by atoms with Crippen LogP contribution in [0.3, 0.4) is 0 Å². The standard InChI is InChI=1S/C21H24BrClN2O3/c1-3-18(21(27)24-4-2)25(13-15-8-6-5-7-9-15)20(26)14-28-19-11-10-16(22)12-17(19)23/h5-12,18H,3-4,13-14H2,1-2H3,(H,24,27). The van der Waals surface area contributed by atoms with Crippen LogP contribution in [0.5, 0.6) is 5.75 Å². The molecule has 5 nitrogen and oxygen atoms in total. The van der Waals surface area contributed by atoms with E-state index in [9.17, 15) is 9.59 Å². The van der Waals surface area contributed by atoms with Gasteiger partial charge in [-0.2, -0.15) is 0 Å². The van der Waals surface area contributed by atoms with Gasteiger partial charge in [0.1, 0.15) is 11.8 Å². The van der Waals surface area contributed by atoms with E-state index in [1.807, 2.05) is 44.2 Å². The Morgan fingerprint density at radius 1 is 1.18 bits per heavy atom. The smallest absolute Gasteiger partial charge is 0.261 e. The van der Waals surface area contributed by atoms with Crippen molar-refractivity contribution in [3.63, 3.8) is 0 Å². The molecule has 0 aliphatic heterocycles. The van der Waals surface area contributed by atoms with Crippen molar-refractivity contribution in [1.82, 2.24) is 10.2 Å². The Kier molecular flexibility index (Phi) is 8.80. The van der Waals surface area contributed by atoms with E-state index in [1.165, 1.54) is 0 Å². The Labute approximate surface area is 179 Å². The van der Waals surface area contributed by atoms with Gasteiger partial charge in [-0.25, -0.2) is 0 Å². The predicted octanol–water partition coefficient (Wildman–Crippen LogP) is 4.42. The Balaban J connectivity index is 2.18. The Morgan fingerprint density at radius 2 is 1.89 bits per heavy atom. The van der Waals surface area contributed by atoms with Crippen LogP contribution in [-0.4, -0.2) is 35.9 Å². The lowest BCUT2D eigenvalue weighted by atomic mass is 10.1. The number of nitrogens with one attached hydrogen (secondary N) is 1. The lowest BCUT2D eigenvalue weighted by Crippen LogP contribution is -2.50. The van der Waals surface area contributed by atoms with E-state index in [2.05, 4.69) is 21.2 Å². The molecule has 2 rings (SSSR count). The molecular weight excluding hydrogens is 444 g/mol. The fourth-order valence-electron chi connectivity index (χ4n) is 2.81. The van der Waals surface area contributed by atoms with E-state index < -0.39 is 6.04 Å². The van der Waals surface area contributed by atoms with Gasteiger partial charge >= 0.3 is 0 Å². The number of halogens is 2. The van der Waals surface area contributed by atoms with E-state index in [-0.39, 0.29) is 18.4 Å². The molecule has 1 N–H and O–H groups in total. The highest BCUT2D eigenvalue weighted by molar-refractivity contribution is 9.10. The number of likely N-dealkylation sites (N-methyl/N-ethyl adjacent to an activating group) is 1. The second-order valence-corrected chi connectivity index (χ2v) is 7.51. The van der Waals surface area contributed by atoms with Crippen molar-refractivity contribution >= 4 is 39.3 Å². The molecule has 7 heteroatoms. The van der Waals surface area contributed by atoms with Crippen molar-refractivity contribution in [3.05, 3.63) is 63.6 Å². The molecule has 0 radical (unpaired) electrons. The number of carbonyl (C=O) groups is 2. The molecule has 150 valence electrons. The Hall–Kier alpha value is -2.05. The molecule has 1 unspecified atom stereocenters. The fourth-order valence-corrected chi connectivity index (χ4v) is 3.53. The van der Waals surface area contributed by atoms with Gasteiger partial charge in [0, 0.05) is 17.6 Å². The van der Waals surface area contributed by atoms with Gasteiger partial charge in [-0.3, -0.25) is 9.59 Å². The largest absolute Gasteiger partial charge is 0.482 e. The Bertz CT molecular complexity index is 801. The van der Waals surface area contributed by atoms with Crippen molar-refractivity contribution < 1.29 is 14.3 Å². The van der Waals surface area contributed by atoms with E-state index in [1.54, 1.807) is 23.1 Å². The third-order valence-electron chi connectivity index (χ3n) is 4.18. The molecule has 28 heavy (non-hydrogen) atoms. The van der Waals surface area contributed by atoms with Crippen molar-refractivity contribution in [2.24, 2.45) is 0 Å². The first-order valence-electron chi connectivity index (χ1n) is 9.15. The van der Waals surface area contributed by atoms with Gasteiger partial charge in [-0.1, -0.05) is 64.8 Å². The van der Waals surface area contributed by atoms with Crippen LogP contribution in [0.4, 0.5) is 0 Å². The molecule has 0 saturated carbocycles. The zero-order valence-corrected chi connectivity index (χ0v) is 18.3. The van der Waals surface area contributed by atoms with Gasteiger partial charge in [0.15, 0.2) is 6.61 Å². The summed E-state index contributed by atoms with van der Waals surface area (Å²) in [6.07, 6.45) is 0.503. The van der Waals surface area contributed by atoms with Crippen molar-refractivity contribution in [2.45, 2.75) is 32.9 Å². The number of amides is 2. The summed E-state index contributed by atoms with van der Waals surface area (Å²) in [5.41, 5.74) is 0.945. The summed E-state index contributed by atoms with van der Waals surface area (Å²) in [6, 6.07) is 14.2. The number of nitrogens with zero attached hydrogens (tertiary/aromatic N) is 1. The Morgan fingerprint density at radius 3 is 2.50 bits per heavy atom. The molecule has 0 bridgehead atoms. The van der Waals surface area contributed by atoms with E-state index in [0.717, 1.165) is 10.0 Å². The van der Waals surface area contributed by atoms with Crippen LogP contribution in [-0.2, 0) is 16.1 Å². The second kappa shape index (κ2) is 11.1. The molecule has 0 aliphatic carbocycles. The van der Waals surface area contributed by atoms with Crippen LogP contribution in [0.15, 0.2) is 53.0 Å². The quantitative estimate of drug-likeness (QED) is 0.594. The molecular formula is C21H24BrClN2O3. The van der Waals surface area contributed by atoms with Crippen LogP contribution in [0.2, 0.25) is 5.02 Å². The summed E-state index contributed by atoms with van der Waals surface area (Å²) in [7, 11) is 0. The minimum absolute atomic E-state index is 0.170. The normalized spacial score (nSPS) is 11.6. The second-order valence-electron chi connectivity index (χ2n) is 6.19. The zero-order chi connectivity index (χ0) is 20.5. The SMILES string of the molecule is CCNC(=O)C(CC)N(Cc1ccccc1)C(=O)COc1ccc(Br)cc1Cl. The topological polar surface area (TPSA) is 58.6 Å². The molecule has 0 fully saturated rings. The molecule has 2 amide bonds. The number of ether oxygens (including phenoxy) is 1. The number of benzene rings is 2. The van der Waals surface area contributed by atoms with Gasteiger partial charge in [0.05, 0.1) is 5.02 Å². The molecule has 1 atom stereocenters. The lowest BCUT2D eigenvalue weighted by molar-refractivity contribution is -0.142. The summed E-state index contributed by atoms with van der Waals surface area (Å²) in [5.74, 6) is -0.0270. The first kappa shape index (κ1) is 22.2. The average molecular weight is 468 g/mol. The van der Waals surface area contributed by atoms with Gasteiger partial charge in [0.2, 0.25) is 5.91 Å². The lowest BCUT2D eigenvalue weighted by Gasteiger charge is -2.30. The molecule has 0 saturated heterocycles. The summed E-state index contributed by atoms with van der Waals surface area (Å²) < 4.78 is 6.45. The molecule has 0 aromatic heterocycles. The first-order chi connectivity index (χ1) is 13.5. The van der Waals surface area contributed by atoms with E-state index >= 15 is 0 Å². The first-order valence-corrected chi connectivity index (χ1v) is 10.3. The van der Waals surface area contributed by atoms with Crippen LogP contribution in [0.1, 0.15) is 25.8 Å². The monoisotopic (exact) mass is 466 g/mol. The molecule has 2 aromatic carbocycles. The highest BCUT2D eigenvalue weighted by Gasteiger charge is 2.28. The maximum absolute atomic E-state index is 13.0. The van der Waals surface area contributed by atoms with Gasteiger partial charge in [-0.15, -0.1) is 0 Å². The zero-order valence-electron chi connectivity index (χ0n) is 16.0. The van der Waals surface area contributed by atoms with Crippen LogP contribution >= 0.6 is 27.5 Å². The molecule has 0 aliphatic rings. The van der Waals surface area contributed by atoms with Gasteiger partial charge < -0.3 is 15.0 Å². The minimum Gasteiger partial charge on any atom is -0.482 e. The summed E-state index contributed by atoms with van der Waals surface area (Å²) in [5, 5.41) is 3.22. The summed E-state index contributed by atoms with van der Waals surface area (Å²) >= 11 is 9.50. The highest BCUT2D eigenvalue weighted by Crippen LogP contribution is 2.27. The van der Waals surface area contributed by atoms with E-state index in [0.29, 0.717) is 30.3 Å². The minimum atomic E-state index is -0.573. The van der Waals surface area contributed by atoms with Crippen molar-refractivity contribution in [2.75, 3.05) is 13.2 Å². The average Bonchev–Trinajstić information content (AvgIpc) is 2.68. The van der Waals surface area contributed by atoms with Gasteiger partial charge in [-0.05, 0) is 37.1 Å². The van der Waals surface area contributed by atoms with Gasteiger partial charge in [0.25, 0.3) is 5.91 Å². The third kappa shape index (κ3) is 6.24. The van der Waals surface area contributed by atoms with Crippen LogP contribution < -0.4 is 10.1 Å². The summed E-state index contributed by atoms with van der Waals surface area (Å²) in [6.45, 7) is 4.37. The van der Waals surface area contributed by atoms with Crippen molar-refractivity contribution in [3.8, 4) is 5.75 Å². The predicted molar refractivity (Wildman–Crippen MR) is 114 cm³/mol. The van der Waals surface area contributed by atoms with Crippen LogP contribution in [0.25, 0.3) is 0 Å². The molecule has 2 aromatic rings. The third-order valence-corrected chi connectivity index (χ3v) is 4.97. The highest BCUT2D eigenvalue weighted by atomic mass is 79.9. The number of rotatable bonds is 9. The summed E-state index contributed by atoms with van der Waals surface area (Å²) in [4.78, 5) is 27.0. The maximum Gasteiger partial charge on any atom is 0.261 e. The molecule has 0 heterocycles. The number of hydrogen-bond acceptors (Lipinski definition) is 3. The molecule has 0 spiro atoms. The van der Waals surface area contributed by atoms with Crippen LogP contribution in [0, 0.1) is 0 Å². The number of hydrogen-bond donors (Lipinski definition) is 1. The maximum atomic E-state index is 13.0. The van der Waals surface area contributed by atoms with E-state index in [4.69, 9.17) is 16.3 Å². The van der Waals surface area contributed by atoms with Crippen molar-refractivity contribution in [1.29, 1.82) is 0 Å².